The molecule has 3 rings (SSSR count). The Morgan fingerprint density at radius 2 is 2.05 bits per heavy atom. The van der Waals surface area contributed by atoms with Crippen LogP contribution in [-0.2, 0) is 13.0 Å². The molecule has 0 aliphatic carbocycles. The molecule has 3 aromatic rings. The van der Waals surface area contributed by atoms with Gasteiger partial charge in [-0.3, -0.25) is 4.98 Å². The molecule has 0 amide bonds. The van der Waals surface area contributed by atoms with Crippen molar-refractivity contribution >= 4 is 33.6 Å². The third kappa shape index (κ3) is 2.44. The van der Waals surface area contributed by atoms with E-state index in [0.29, 0.717) is 12.2 Å². The summed E-state index contributed by atoms with van der Waals surface area (Å²) in [5.41, 5.74) is 8.58. The maximum absolute atomic E-state index is 6.04. The van der Waals surface area contributed by atoms with E-state index in [9.17, 15) is 0 Å². The minimum atomic E-state index is 0.663. The van der Waals surface area contributed by atoms with E-state index in [2.05, 4.69) is 22.2 Å². The molecule has 0 atom stereocenters. The Morgan fingerprint density at radius 3 is 2.85 bits per heavy atom. The van der Waals surface area contributed by atoms with E-state index in [1.54, 1.807) is 17.5 Å². The van der Waals surface area contributed by atoms with Crippen LogP contribution >= 0.6 is 11.3 Å². The van der Waals surface area contributed by atoms with Gasteiger partial charge < -0.3 is 11.1 Å². The lowest BCUT2D eigenvalue weighted by Crippen LogP contribution is -2.03. The van der Waals surface area contributed by atoms with Gasteiger partial charge in [0.25, 0.3) is 0 Å². The summed E-state index contributed by atoms with van der Waals surface area (Å²) in [7, 11) is 0. The van der Waals surface area contributed by atoms with Gasteiger partial charge in [-0.05, 0) is 12.5 Å². The second-order valence-electron chi connectivity index (χ2n) is 4.53. The zero-order valence-electron chi connectivity index (χ0n) is 11.3. The number of thiazole rings is 1. The molecule has 0 radical (unpaired) electrons. The number of fused-ring (bicyclic) bond motifs is 1. The maximum Gasteiger partial charge on any atom is 0.112 e. The highest BCUT2D eigenvalue weighted by molar-refractivity contribution is 7.11. The molecule has 2 aromatic heterocycles. The minimum absolute atomic E-state index is 0.663. The molecule has 0 saturated carbocycles. The second-order valence-corrected chi connectivity index (χ2v) is 5.73. The number of aromatic nitrogens is 2. The summed E-state index contributed by atoms with van der Waals surface area (Å²) in [5, 5.41) is 5.51. The van der Waals surface area contributed by atoms with Crippen LogP contribution in [0.1, 0.15) is 16.8 Å². The van der Waals surface area contributed by atoms with Crippen molar-refractivity contribution in [1.29, 1.82) is 0 Å². The van der Waals surface area contributed by atoms with Gasteiger partial charge in [0.2, 0.25) is 0 Å². The molecule has 20 heavy (non-hydrogen) atoms. The van der Waals surface area contributed by atoms with Crippen molar-refractivity contribution in [2.75, 3.05) is 11.1 Å². The highest BCUT2D eigenvalue weighted by Crippen LogP contribution is 2.28. The second kappa shape index (κ2) is 5.46. The van der Waals surface area contributed by atoms with Crippen LogP contribution in [0.3, 0.4) is 0 Å². The first-order valence-electron chi connectivity index (χ1n) is 6.58. The van der Waals surface area contributed by atoms with Crippen molar-refractivity contribution in [2.45, 2.75) is 19.9 Å². The summed E-state index contributed by atoms with van der Waals surface area (Å²) < 4.78 is 0. The molecule has 1 aromatic carbocycles. The largest absolute Gasteiger partial charge is 0.396 e. The molecule has 3 N–H and O–H groups in total. The topological polar surface area (TPSA) is 63.8 Å². The predicted molar refractivity (Wildman–Crippen MR) is 85.0 cm³/mol. The number of nitrogens with zero attached hydrogens (tertiary/aromatic N) is 2. The molecule has 0 aliphatic rings. The Hall–Kier alpha value is -2.14. The molecule has 0 unspecified atom stereocenters. The van der Waals surface area contributed by atoms with Gasteiger partial charge in [0.05, 0.1) is 29.6 Å². The summed E-state index contributed by atoms with van der Waals surface area (Å²) in [5.74, 6) is 0. The smallest absolute Gasteiger partial charge is 0.112 e. The third-order valence-electron chi connectivity index (χ3n) is 3.17. The lowest BCUT2D eigenvalue weighted by atomic mass is 10.1. The molecular formula is C15H16N4S. The maximum atomic E-state index is 6.04. The molecule has 0 saturated heterocycles. The van der Waals surface area contributed by atoms with Gasteiger partial charge in [-0.25, -0.2) is 4.98 Å². The molecular weight excluding hydrogens is 268 g/mol. The lowest BCUT2D eigenvalue weighted by molar-refractivity contribution is 1.10. The SMILES string of the molecule is CCc1cnc(CNc2c(N)cnc3ccccc23)s1. The Kier molecular flexibility index (Phi) is 3.52. The molecule has 102 valence electrons. The van der Waals surface area contributed by atoms with E-state index >= 15 is 0 Å². The van der Waals surface area contributed by atoms with Crippen LogP contribution in [-0.4, -0.2) is 9.97 Å². The van der Waals surface area contributed by atoms with Crippen LogP contribution in [0, 0.1) is 0 Å². The summed E-state index contributed by atoms with van der Waals surface area (Å²) in [4.78, 5) is 10.0. The van der Waals surface area contributed by atoms with Gasteiger partial charge in [0.1, 0.15) is 5.01 Å². The Morgan fingerprint density at radius 1 is 1.20 bits per heavy atom. The number of nitrogens with two attached hydrogens (primary N) is 1. The number of anilines is 2. The zero-order valence-corrected chi connectivity index (χ0v) is 12.1. The molecule has 0 fully saturated rings. The number of hydrogen-bond donors (Lipinski definition) is 2. The number of para-hydroxylation sites is 1. The average molecular weight is 284 g/mol. The summed E-state index contributed by atoms with van der Waals surface area (Å²) >= 11 is 1.73. The van der Waals surface area contributed by atoms with Crippen molar-refractivity contribution in [1.82, 2.24) is 9.97 Å². The summed E-state index contributed by atoms with van der Waals surface area (Å²) in [6, 6.07) is 7.98. The number of hydrogen-bond acceptors (Lipinski definition) is 5. The predicted octanol–water partition coefficient (Wildman–Crippen LogP) is 3.45. The number of rotatable bonds is 4. The molecule has 4 nitrogen and oxygen atoms in total. The number of pyridine rings is 1. The third-order valence-corrected chi connectivity index (χ3v) is 4.31. The van der Waals surface area contributed by atoms with Crippen LogP contribution in [0.25, 0.3) is 10.9 Å². The molecule has 0 aliphatic heterocycles. The van der Waals surface area contributed by atoms with Gasteiger partial charge in [0, 0.05) is 16.5 Å². The fourth-order valence-electron chi connectivity index (χ4n) is 2.11. The van der Waals surface area contributed by atoms with Gasteiger partial charge in [-0.15, -0.1) is 11.3 Å². The molecule has 2 heterocycles. The van der Waals surface area contributed by atoms with E-state index in [-0.39, 0.29) is 0 Å². The summed E-state index contributed by atoms with van der Waals surface area (Å²) in [6.45, 7) is 2.82. The monoisotopic (exact) mass is 284 g/mol. The minimum Gasteiger partial charge on any atom is -0.396 e. The first-order chi connectivity index (χ1) is 9.78. The van der Waals surface area contributed by atoms with Gasteiger partial charge in [0.15, 0.2) is 0 Å². The first-order valence-corrected chi connectivity index (χ1v) is 7.40. The lowest BCUT2D eigenvalue weighted by Gasteiger charge is -2.10. The fraction of sp³-hybridized carbons (Fsp3) is 0.200. The van der Waals surface area contributed by atoms with Crippen LogP contribution in [0.2, 0.25) is 0 Å². The Bertz CT molecular complexity index is 736. The standard InChI is InChI=1S/C15H16N4S/c1-2-10-7-18-14(20-10)9-19-15-11-5-3-4-6-13(11)17-8-12(15)16/h3-8H,2,9,16H2,1H3,(H,17,19). The van der Waals surface area contributed by atoms with Crippen LogP contribution in [0.5, 0.6) is 0 Å². The van der Waals surface area contributed by atoms with Crippen LogP contribution < -0.4 is 11.1 Å². The molecule has 5 heteroatoms. The van der Waals surface area contributed by atoms with E-state index < -0.39 is 0 Å². The van der Waals surface area contributed by atoms with Gasteiger partial charge in [-0.2, -0.15) is 0 Å². The fourth-order valence-corrected chi connectivity index (χ4v) is 2.91. The Balaban J connectivity index is 1.88. The highest BCUT2D eigenvalue weighted by Gasteiger charge is 2.07. The van der Waals surface area contributed by atoms with Crippen molar-refractivity contribution in [3.63, 3.8) is 0 Å². The number of benzene rings is 1. The van der Waals surface area contributed by atoms with E-state index in [4.69, 9.17) is 5.73 Å². The quantitative estimate of drug-likeness (QED) is 0.770. The van der Waals surface area contributed by atoms with Crippen molar-refractivity contribution in [3.05, 3.63) is 46.5 Å². The van der Waals surface area contributed by atoms with E-state index in [1.807, 2.05) is 30.5 Å². The van der Waals surface area contributed by atoms with Crippen molar-refractivity contribution < 1.29 is 0 Å². The normalized spacial score (nSPS) is 10.8. The first kappa shape index (κ1) is 12.9. The van der Waals surface area contributed by atoms with E-state index in [0.717, 1.165) is 28.0 Å². The number of aryl methyl sites for hydroxylation is 1. The Labute approximate surface area is 121 Å². The van der Waals surface area contributed by atoms with Crippen LogP contribution in [0.15, 0.2) is 36.7 Å². The van der Waals surface area contributed by atoms with Crippen molar-refractivity contribution in [3.8, 4) is 0 Å². The van der Waals surface area contributed by atoms with Gasteiger partial charge in [-0.1, -0.05) is 25.1 Å². The zero-order chi connectivity index (χ0) is 13.9. The summed E-state index contributed by atoms with van der Waals surface area (Å²) in [6.07, 6.45) is 4.66. The highest BCUT2D eigenvalue weighted by atomic mass is 32.1. The molecule has 0 spiro atoms. The number of nitrogen functional groups attached to an aromatic ring is 1. The molecule has 0 bridgehead atoms. The van der Waals surface area contributed by atoms with Gasteiger partial charge >= 0.3 is 0 Å². The van der Waals surface area contributed by atoms with Crippen molar-refractivity contribution in [2.24, 2.45) is 0 Å². The van der Waals surface area contributed by atoms with E-state index in [1.165, 1.54) is 4.88 Å². The number of nitrogens with one attached hydrogen (secondary N) is 1. The average Bonchev–Trinajstić information content (AvgIpc) is 2.94. The van der Waals surface area contributed by atoms with Crippen LogP contribution in [0.4, 0.5) is 11.4 Å².